The molecule has 72 valence electrons. The fraction of sp³-hybridized carbons (Fsp3) is 0.455. The molecule has 0 radical (unpaired) electrons. The molecule has 0 saturated carbocycles. The van der Waals surface area contributed by atoms with Crippen LogP contribution in [0.2, 0.25) is 0 Å². The predicted octanol–water partition coefficient (Wildman–Crippen LogP) is 3.24. The molecule has 1 atom stereocenters. The maximum absolute atomic E-state index is 9.73. The number of aliphatic hydroxyl groups is 1. The van der Waals surface area contributed by atoms with Crippen molar-refractivity contribution in [2.24, 2.45) is 0 Å². The van der Waals surface area contributed by atoms with E-state index in [1.165, 1.54) is 4.90 Å². The van der Waals surface area contributed by atoms with Gasteiger partial charge in [0, 0.05) is 4.90 Å². The molecule has 0 amide bonds. The molecule has 2 heteroatoms. The number of hydrogen-bond acceptors (Lipinski definition) is 2. The summed E-state index contributed by atoms with van der Waals surface area (Å²) in [6, 6.07) is 8.11. The van der Waals surface area contributed by atoms with E-state index in [-0.39, 0.29) is 6.10 Å². The zero-order valence-corrected chi connectivity index (χ0v) is 8.97. The average Bonchev–Trinajstić information content (AvgIpc) is 2.18. The molecule has 1 N–H and O–H groups in total. The third kappa shape index (κ3) is 3.05. The van der Waals surface area contributed by atoms with E-state index in [4.69, 9.17) is 0 Å². The van der Waals surface area contributed by atoms with Crippen LogP contribution in [0.3, 0.4) is 0 Å². The van der Waals surface area contributed by atoms with Crippen molar-refractivity contribution in [3.63, 3.8) is 0 Å². The zero-order valence-electron chi connectivity index (χ0n) is 8.16. The molecular formula is C11H16OS. The van der Waals surface area contributed by atoms with Crippen LogP contribution in [-0.2, 0) is 0 Å². The van der Waals surface area contributed by atoms with E-state index >= 15 is 0 Å². The van der Waals surface area contributed by atoms with Crippen LogP contribution in [0.1, 0.15) is 31.4 Å². The maximum Gasteiger partial charge on any atom is 0.0790 e. The average molecular weight is 196 g/mol. The first-order valence-electron chi connectivity index (χ1n) is 4.60. The first kappa shape index (κ1) is 10.6. The highest BCUT2D eigenvalue weighted by Gasteiger charge is 2.05. The molecule has 0 heterocycles. The molecule has 13 heavy (non-hydrogen) atoms. The van der Waals surface area contributed by atoms with Crippen LogP contribution in [0.4, 0.5) is 0 Å². The molecule has 0 aliphatic heterocycles. The van der Waals surface area contributed by atoms with Crippen LogP contribution in [0, 0.1) is 0 Å². The fourth-order valence-electron chi connectivity index (χ4n) is 1.29. The second kappa shape index (κ2) is 5.30. The standard InChI is InChI=1S/C11H16OS/c1-3-5-11(12)9-6-4-7-10(8-9)13-2/h4,6-8,11-12H,3,5H2,1-2H3. The van der Waals surface area contributed by atoms with E-state index in [2.05, 4.69) is 19.1 Å². The summed E-state index contributed by atoms with van der Waals surface area (Å²) in [5.74, 6) is 0. The molecular weight excluding hydrogens is 180 g/mol. The summed E-state index contributed by atoms with van der Waals surface area (Å²) in [6.45, 7) is 2.08. The molecule has 1 unspecified atom stereocenters. The van der Waals surface area contributed by atoms with Crippen LogP contribution in [0.5, 0.6) is 0 Å². The Morgan fingerprint density at radius 1 is 1.46 bits per heavy atom. The Bertz CT molecular complexity index is 260. The molecule has 1 nitrogen and oxygen atoms in total. The van der Waals surface area contributed by atoms with Crippen molar-refractivity contribution in [2.45, 2.75) is 30.8 Å². The SMILES string of the molecule is CCCC(O)c1cccc(SC)c1. The molecule has 0 fully saturated rings. The molecule has 0 aromatic heterocycles. The maximum atomic E-state index is 9.73. The van der Waals surface area contributed by atoms with Crippen LogP contribution in [-0.4, -0.2) is 11.4 Å². The predicted molar refractivity (Wildman–Crippen MR) is 58.1 cm³/mol. The van der Waals surface area contributed by atoms with Crippen LogP contribution < -0.4 is 0 Å². The van der Waals surface area contributed by atoms with Gasteiger partial charge < -0.3 is 5.11 Å². The molecule has 0 aliphatic rings. The van der Waals surface area contributed by atoms with Gasteiger partial charge in [-0.3, -0.25) is 0 Å². The first-order valence-corrected chi connectivity index (χ1v) is 5.82. The molecule has 1 aromatic carbocycles. The van der Waals surface area contributed by atoms with Gasteiger partial charge in [-0.15, -0.1) is 11.8 Å². The third-order valence-corrected chi connectivity index (χ3v) is 2.77. The lowest BCUT2D eigenvalue weighted by Gasteiger charge is -2.10. The van der Waals surface area contributed by atoms with Crippen molar-refractivity contribution in [1.82, 2.24) is 0 Å². The molecule has 0 bridgehead atoms. The summed E-state index contributed by atoms with van der Waals surface area (Å²) in [6.07, 6.45) is 3.62. The molecule has 0 spiro atoms. The normalized spacial score (nSPS) is 12.8. The molecule has 0 aliphatic carbocycles. The van der Waals surface area contributed by atoms with Crippen molar-refractivity contribution in [1.29, 1.82) is 0 Å². The highest BCUT2D eigenvalue weighted by atomic mass is 32.2. The van der Waals surface area contributed by atoms with Gasteiger partial charge in [-0.25, -0.2) is 0 Å². The van der Waals surface area contributed by atoms with Crippen LogP contribution in [0.25, 0.3) is 0 Å². The molecule has 0 saturated heterocycles. The number of benzene rings is 1. The summed E-state index contributed by atoms with van der Waals surface area (Å²) >= 11 is 1.71. The number of aliphatic hydroxyl groups excluding tert-OH is 1. The van der Waals surface area contributed by atoms with Gasteiger partial charge in [0.05, 0.1) is 6.10 Å². The highest BCUT2D eigenvalue weighted by molar-refractivity contribution is 7.98. The van der Waals surface area contributed by atoms with E-state index in [0.29, 0.717) is 0 Å². The Balaban J connectivity index is 2.75. The first-order chi connectivity index (χ1) is 6.27. The van der Waals surface area contributed by atoms with E-state index in [0.717, 1.165) is 18.4 Å². The Morgan fingerprint density at radius 2 is 2.23 bits per heavy atom. The Morgan fingerprint density at radius 3 is 2.85 bits per heavy atom. The lowest BCUT2D eigenvalue weighted by molar-refractivity contribution is 0.166. The quantitative estimate of drug-likeness (QED) is 0.746. The Labute approximate surface area is 84.2 Å². The van der Waals surface area contributed by atoms with Gasteiger partial charge >= 0.3 is 0 Å². The minimum Gasteiger partial charge on any atom is -0.388 e. The minimum absolute atomic E-state index is 0.294. The number of hydrogen-bond donors (Lipinski definition) is 1. The van der Waals surface area contributed by atoms with Crippen molar-refractivity contribution in [3.8, 4) is 0 Å². The van der Waals surface area contributed by atoms with Gasteiger partial charge in [-0.1, -0.05) is 25.5 Å². The van der Waals surface area contributed by atoms with Crippen molar-refractivity contribution >= 4 is 11.8 Å². The van der Waals surface area contributed by atoms with E-state index < -0.39 is 0 Å². The monoisotopic (exact) mass is 196 g/mol. The van der Waals surface area contributed by atoms with Gasteiger partial charge in [0.1, 0.15) is 0 Å². The second-order valence-electron chi connectivity index (χ2n) is 3.08. The van der Waals surface area contributed by atoms with E-state index in [1.54, 1.807) is 11.8 Å². The zero-order chi connectivity index (χ0) is 9.68. The number of thioether (sulfide) groups is 1. The van der Waals surface area contributed by atoms with E-state index in [9.17, 15) is 5.11 Å². The Kier molecular flexibility index (Phi) is 4.33. The molecule has 1 aromatic rings. The largest absolute Gasteiger partial charge is 0.388 e. The lowest BCUT2D eigenvalue weighted by atomic mass is 10.1. The minimum atomic E-state index is -0.294. The number of rotatable bonds is 4. The summed E-state index contributed by atoms with van der Waals surface area (Å²) < 4.78 is 0. The van der Waals surface area contributed by atoms with E-state index in [1.807, 2.05) is 18.4 Å². The van der Waals surface area contributed by atoms with Crippen molar-refractivity contribution in [2.75, 3.05) is 6.26 Å². The summed E-state index contributed by atoms with van der Waals surface area (Å²) in [7, 11) is 0. The lowest BCUT2D eigenvalue weighted by Crippen LogP contribution is -1.96. The summed E-state index contributed by atoms with van der Waals surface area (Å²) in [5, 5.41) is 9.73. The molecule has 1 rings (SSSR count). The van der Waals surface area contributed by atoms with Crippen molar-refractivity contribution < 1.29 is 5.11 Å². The Hall–Kier alpha value is -0.470. The third-order valence-electron chi connectivity index (χ3n) is 2.04. The highest BCUT2D eigenvalue weighted by Crippen LogP contribution is 2.22. The van der Waals surface area contributed by atoms with Gasteiger partial charge in [0.15, 0.2) is 0 Å². The summed E-state index contributed by atoms with van der Waals surface area (Å²) in [4.78, 5) is 1.22. The van der Waals surface area contributed by atoms with Gasteiger partial charge in [0.25, 0.3) is 0 Å². The fourth-order valence-corrected chi connectivity index (χ4v) is 1.76. The smallest absolute Gasteiger partial charge is 0.0790 e. The topological polar surface area (TPSA) is 20.2 Å². The van der Waals surface area contributed by atoms with Gasteiger partial charge in [-0.05, 0) is 30.4 Å². The summed E-state index contributed by atoms with van der Waals surface area (Å²) in [5.41, 5.74) is 1.04. The van der Waals surface area contributed by atoms with Crippen LogP contribution in [0.15, 0.2) is 29.2 Å². The van der Waals surface area contributed by atoms with Crippen molar-refractivity contribution in [3.05, 3.63) is 29.8 Å². The van der Waals surface area contributed by atoms with Crippen LogP contribution >= 0.6 is 11.8 Å². The van der Waals surface area contributed by atoms with Gasteiger partial charge in [-0.2, -0.15) is 0 Å². The van der Waals surface area contributed by atoms with Gasteiger partial charge in [0.2, 0.25) is 0 Å². The second-order valence-corrected chi connectivity index (χ2v) is 3.96.